The van der Waals surface area contributed by atoms with Gasteiger partial charge in [-0.05, 0) is 35.4 Å². The highest BCUT2D eigenvalue weighted by molar-refractivity contribution is 5.96. The number of hydrogen-bond acceptors (Lipinski definition) is 6. The topological polar surface area (TPSA) is 106 Å². The van der Waals surface area contributed by atoms with E-state index in [4.69, 9.17) is 14.2 Å². The molecule has 3 N–H and O–H groups in total. The van der Waals surface area contributed by atoms with Gasteiger partial charge in [0.25, 0.3) is 5.91 Å². The zero-order valence-corrected chi connectivity index (χ0v) is 19.1. The molecule has 0 aliphatic rings. The molecule has 3 rings (SSSR count). The first-order valence-electron chi connectivity index (χ1n) is 10.7. The third-order valence-corrected chi connectivity index (χ3v) is 5.00. The summed E-state index contributed by atoms with van der Waals surface area (Å²) in [6.07, 6.45) is -0.972. The second-order valence-corrected chi connectivity index (χ2v) is 7.39. The number of hydrogen-bond donors (Lipinski definition) is 3. The van der Waals surface area contributed by atoms with Gasteiger partial charge < -0.3 is 30.0 Å². The summed E-state index contributed by atoms with van der Waals surface area (Å²) in [4.78, 5) is 24.4. The quantitative estimate of drug-likeness (QED) is 0.403. The van der Waals surface area contributed by atoms with Gasteiger partial charge in [-0.15, -0.1) is 0 Å². The Morgan fingerprint density at radius 1 is 0.824 bits per heavy atom. The Morgan fingerprint density at radius 3 is 2.06 bits per heavy atom. The average Bonchev–Trinajstić information content (AvgIpc) is 2.89. The van der Waals surface area contributed by atoms with Gasteiger partial charge in [0.2, 0.25) is 11.7 Å². The van der Waals surface area contributed by atoms with Crippen LogP contribution in [-0.4, -0.2) is 56.9 Å². The number of methoxy groups -OCH3 is 2. The lowest BCUT2D eigenvalue weighted by Gasteiger charge is -2.17. The normalized spacial score (nSPS) is 11.3. The van der Waals surface area contributed by atoms with Crippen molar-refractivity contribution in [2.45, 2.75) is 6.10 Å². The fraction of sp³-hybridized carbons (Fsp3) is 0.231. The Balaban J connectivity index is 1.42. The Labute approximate surface area is 198 Å². The van der Waals surface area contributed by atoms with Crippen LogP contribution < -0.4 is 24.8 Å². The number of aliphatic hydroxyl groups is 1. The average molecular weight is 465 g/mol. The van der Waals surface area contributed by atoms with Crippen molar-refractivity contribution in [2.75, 3.05) is 33.9 Å². The van der Waals surface area contributed by atoms with Crippen molar-refractivity contribution in [3.05, 3.63) is 78.4 Å². The van der Waals surface area contributed by atoms with Crippen LogP contribution in [0, 0.1) is 0 Å². The highest BCUT2D eigenvalue weighted by Crippen LogP contribution is 2.36. The van der Waals surface area contributed by atoms with Crippen LogP contribution in [0.3, 0.4) is 0 Å². The van der Waals surface area contributed by atoms with E-state index in [0.29, 0.717) is 22.8 Å². The lowest BCUT2D eigenvalue weighted by Crippen LogP contribution is -2.41. The van der Waals surface area contributed by atoms with Gasteiger partial charge in [-0.2, -0.15) is 0 Å². The molecule has 2 amide bonds. The largest absolute Gasteiger partial charge is 0.493 e. The number of para-hydroxylation sites is 1. The summed E-state index contributed by atoms with van der Waals surface area (Å²) < 4.78 is 16.1. The minimum atomic E-state index is -0.972. The summed E-state index contributed by atoms with van der Waals surface area (Å²) in [6.45, 7) is -0.345. The van der Waals surface area contributed by atoms with Crippen LogP contribution >= 0.6 is 0 Å². The lowest BCUT2D eigenvalue weighted by molar-refractivity contribution is -0.120. The molecule has 0 saturated carbocycles. The molecule has 0 bridgehead atoms. The van der Waals surface area contributed by atoms with Gasteiger partial charge in [0.05, 0.1) is 20.8 Å². The van der Waals surface area contributed by atoms with Crippen LogP contribution in [0.25, 0.3) is 11.1 Å². The Kier molecular flexibility index (Phi) is 8.88. The molecule has 3 aromatic rings. The van der Waals surface area contributed by atoms with E-state index in [2.05, 4.69) is 10.6 Å². The summed E-state index contributed by atoms with van der Waals surface area (Å²) in [7, 11) is 3.01. The van der Waals surface area contributed by atoms with E-state index in [1.165, 1.54) is 14.2 Å². The molecule has 0 radical (unpaired) electrons. The first-order chi connectivity index (χ1) is 16.5. The number of carbonyl (C=O) groups excluding carboxylic acids is 2. The molecule has 1 unspecified atom stereocenters. The first-order valence-corrected chi connectivity index (χ1v) is 10.7. The van der Waals surface area contributed by atoms with Gasteiger partial charge >= 0.3 is 0 Å². The molecular weight excluding hydrogens is 436 g/mol. The summed E-state index contributed by atoms with van der Waals surface area (Å²) in [5.74, 6) is 0.513. The molecule has 0 aliphatic carbocycles. The van der Waals surface area contributed by atoms with Crippen molar-refractivity contribution >= 4 is 11.8 Å². The maximum atomic E-state index is 12.3. The number of amides is 2. The van der Waals surface area contributed by atoms with Crippen LogP contribution in [0.5, 0.6) is 17.2 Å². The second-order valence-electron chi connectivity index (χ2n) is 7.39. The van der Waals surface area contributed by atoms with E-state index in [1.807, 2.05) is 42.5 Å². The van der Waals surface area contributed by atoms with E-state index in [-0.39, 0.29) is 25.6 Å². The van der Waals surface area contributed by atoms with Crippen molar-refractivity contribution in [1.29, 1.82) is 0 Å². The third kappa shape index (κ3) is 6.73. The van der Waals surface area contributed by atoms with Crippen molar-refractivity contribution < 1.29 is 28.9 Å². The minimum absolute atomic E-state index is 0.0437. The molecule has 0 heterocycles. The molecule has 34 heavy (non-hydrogen) atoms. The Hall–Kier alpha value is -4.04. The molecule has 0 fully saturated rings. The highest BCUT2D eigenvalue weighted by Gasteiger charge is 2.15. The van der Waals surface area contributed by atoms with Crippen molar-refractivity contribution in [2.24, 2.45) is 0 Å². The highest BCUT2D eigenvalue weighted by atomic mass is 16.5. The molecule has 0 aromatic heterocycles. The lowest BCUT2D eigenvalue weighted by atomic mass is 10.0. The monoisotopic (exact) mass is 464 g/mol. The number of nitrogens with one attached hydrogen (secondary N) is 2. The maximum Gasteiger partial charge on any atom is 0.251 e. The predicted octanol–water partition coefficient (Wildman–Crippen LogP) is 2.66. The van der Waals surface area contributed by atoms with E-state index in [0.717, 1.165) is 11.1 Å². The molecule has 3 aromatic carbocycles. The van der Waals surface area contributed by atoms with Crippen LogP contribution in [-0.2, 0) is 4.79 Å². The molecular formula is C26H28N2O6. The number of aliphatic hydroxyl groups excluding tert-OH is 1. The van der Waals surface area contributed by atoms with Gasteiger partial charge in [-0.25, -0.2) is 0 Å². The second kappa shape index (κ2) is 12.3. The van der Waals surface area contributed by atoms with Gasteiger partial charge in [0.15, 0.2) is 11.5 Å². The summed E-state index contributed by atoms with van der Waals surface area (Å²) >= 11 is 0. The van der Waals surface area contributed by atoms with Gasteiger partial charge in [0, 0.05) is 12.1 Å². The van der Waals surface area contributed by atoms with Crippen LogP contribution in [0.15, 0.2) is 72.8 Å². The predicted molar refractivity (Wildman–Crippen MR) is 128 cm³/mol. The number of benzene rings is 3. The molecule has 8 nitrogen and oxygen atoms in total. The third-order valence-electron chi connectivity index (χ3n) is 5.00. The smallest absolute Gasteiger partial charge is 0.251 e. The van der Waals surface area contributed by atoms with E-state index in [9.17, 15) is 14.7 Å². The van der Waals surface area contributed by atoms with Crippen molar-refractivity contribution in [1.82, 2.24) is 10.6 Å². The summed E-state index contributed by atoms with van der Waals surface area (Å²) in [6, 6.07) is 22.2. The summed E-state index contributed by atoms with van der Waals surface area (Å²) in [5, 5.41) is 15.3. The molecule has 1 atom stereocenters. The Morgan fingerprint density at radius 2 is 1.44 bits per heavy atom. The van der Waals surface area contributed by atoms with Gasteiger partial charge in [0.1, 0.15) is 12.7 Å². The SMILES string of the molecule is COc1cccc(OC)c1OCC(O)CNC(=O)CNC(=O)c1ccc(-c2ccccc2)cc1. The Bertz CT molecular complexity index is 1060. The van der Waals surface area contributed by atoms with Crippen molar-refractivity contribution in [3.63, 3.8) is 0 Å². The van der Waals surface area contributed by atoms with E-state index >= 15 is 0 Å². The zero-order chi connectivity index (χ0) is 24.3. The number of carbonyl (C=O) groups is 2. The van der Waals surface area contributed by atoms with E-state index < -0.39 is 12.0 Å². The molecule has 0 spiro atoms. The molecule has 178 valence electrons. The van der Waals surface area contributed by atoms with Crippen LogP contribution in [0.4, 0.5) is 0 Å². The van der Waals surface area contributed by atoms with Crippen LogP contribution in [0.2, 0.25) is 0 Å². The summed E-state index contributed by atoms with van der Waals surface area (Å²) in [5.41, 5.74) is 2.50. The van der Waals surface area contributed by atoms with Gasteiger partial charge in [-0.1, -0.05) is 48.5 Å². The molecule has 0 aliphatic heterocycles. The van der Waals surface area contributed by atoms with Crippen molar-refractivity contribution in [3.8, 4) is 28.4 Å². The first kappa shape index (κ1) is 24.6. The number of rotatable bonds is 11. The zero-order valence-electron chi connectivity index (χ0n) is 19.1. The maximum absolute atomic E-state index is 12.3. The fourth-order valence-corrected chi connectivity index (χ4v) is 3.20. The standard InChI is InChI=1S/C26H28N2O6/c1-32-22-9-6-10-23(33-2)25(22)34-17-21(29)15-27-24(30)16-28-26(31)20-13-11-19(12-14-20)18-7-4-3-5-8-18/h3-14,21,29H,15-17H2,1-2H3,(H,27,30)(H,28,31). The van der Waals surface area contributed by atoms with Gasteiger partial charge in [-0.3, -0.25) is 9.59 Å². The molecule has 8 heteroatoms. The van der Waals surface area contributed by atoms with Crippen LogP contribution in [0.1, 0.15) is 10.4 Å². The fourth-order valence-electron chi connectivity index (χ4n) is 3.20. The van der Waals surface area contributed by atoms with E-state index in [1.54, 1.807) is 30.3 Å². The number of ether oxygens (including phenoxy) is 3. The molecule has 0 saturated heterocycles. The minimum Gasteiger partial charge on any atom is -0.493 e.